The number of aromatic nitrogens is 3. The molecule has 32 heavy (non-hydrogen) atoms. The summed E-state index contributed by atoms with van der Waals surface area (Å²) in [4.78, 5) is 25.2. The standard InChI is InChI=1S/C23H26ClN5O2S/c1-14(2)20(26-22(31)18-11-6-5-8-15(18)3)21-27-28-23(29(21)4)32-13-19(30)25-17-10-7-9-16(24)12-17/h5-12,14,20H,13H2,1-4H3,(H,25,30)(H,26,31)/t20-/m0/s1. The molecular weight excluding hydrogens is 446 g/mol. The van der Waals surface area contributed by atoms with Gasteiger partial charge in [0.15, 0.2) is 11.0 Å². The summed E-state index contributed by atoms with van der Waals surface area (Å²) >= 11 is 7.23. The Kier molecular flexibility index (Phi) is 7.93. The number of aryl methyl sites for hydroxylation is 1. The number of nitrogens with zero attached hydrogens (tertiary/aromatic N) is 3. The van der Waals surface area contributed by atoms with Crippen LogP contribution in [0.4, 0.5) is 5.69 Å². The topological polar surface area (TPSA) is 88.9 Å². The van der Waals surface area contributed by atoms with Crippen LogP contribution in [0.25, 0.3) is 0 Å². The van der Waals surface area contributed by atoms with Gasteiger partial charge in [0.1, 0.15) is 0 Å². The maximum absolute atomic E-state index is 12.8. The number of hydrogen-bond donors (Lipinski definition) is 2. The molecule has 1 aromatic heterocycles. The summed E-state index contributed by atoms with van der Waals surface area (Å²) in [5.41, 5.74) is 2.18. The van der Waals surface area contributed by atoms with E-state index in [0.717, 1.165) is 5.56 Å². The number of anilines is 1. The van der Waals surface area contributed by atoms with Crippen molar-refractivity contribution >= 4 is 40.9 Å². The summed E-state index contributed by atoms with van der Waals surface area (Å²) in [6, 6.07) is 14.1. The summed E-state index contributed by atoms with van der Waals surface area (Å²) in [7, 11) is 1.84. The molecule has 0 saturated heterocycles. The first-order chi connectivity index (χ1) is 15.3. The van der Waals surface area contributed by atoms with E-state index in [0.29, 0.717) is 27.3 Å². The van der Waals surface area contributed by atoms with Gasteiger partial charge in [0.2, 0.25) is 5.91 Å². The van der Waals surface area contributed by atoms with Gasteiger partial charge >= 0.3 is 0 Å². The molecule has 0 bridgehead atoms. The van der Waals surface area contributed by atoms with E-state index >= 15 is 0 Å². The fourth-order valence-electron chi connectivity index (χ4n) is 3.19. The Morgan fingerprint density at radius 1 is 1.12 bits per heavy atom. The molecule has 0 saturated carbocycles. The predicted molar refractivity (Wildman–Crippen MR) is 128 cm³/mol. The molecule has 0 aliphatic heterocycles. The molecule has 7 nitrogen and oxygen atoms in total. The predicted octanol–water partition coefficient (Wildman–Crippen LogP) is 4.63. The SMILES string of the molecule is Cc1ccccc1C(=O)N[C@H](c1nnc(SCC(=O)Nc2cccc(Cl)c2)n1C)C(C)C. The second kappa shape index (κ2) is 10.7. The molecular formula is C23H26ClN5O2S. The van der Waals surface area contributed by atoms with Crippen LogP contribution in [0.2, 0.25) is 5.02 Å². The van der Waals surface area contributed by atoms with Crippen LogP contribution >= 0.6 is 23.4 Å². The van der Waals surface area contributed by atoms with Crippen molar-refractivity contribution < 1.29 is 9.59 Å². The highest BCUT2D eigenvalue weighted by atomic mass is 35.5. The van der Waals surface area contributed by atoms with Gasteiger partial charge in [-0.3, -0.25) is 9.59 Å². The summed E-state index contributed by atoms with van der Waals surface area (Å²) in [6.45, 7) is 5.94. The molecule has 1 heterocycles. The lowest BCUT2D eigenvalue weighted by molar-refractivity contribution is -0.113. The second-order valence-corrected chi connectivity index (χ2v) is 9.14. The minimum atomic E-state index is -0.325. The molecule has 168 valence electrons. The van der Waals surface area contributed by atoms with Crippen LogP contribution < -0.4 is 10.6 Å². The van der Waals surface area contributed by atoms with Gasteiger partial charge in [0.25, 0.3) is 5.91 Å². The average Bonchev–Trinajstić information content (AvgIpc) is 3.10. The number of hydrogen-bond acceptors (Lipinski definition) is 5. The van der Waals surface area contributed by atoms with Gasteiger partial charge in [-0.1, -0.05) is 61.5 Å². The van der Waals surface area contributed by atoms with E-state index < -0.39 is 0 Å². The van der Waals surface area contributed by atoms with Crippen LogP contribution in [0.1, 0.15) is 41.6 Å². The molecule has 3 rings (SSSR count). The van der Waals surface area contributed by atoms with Gasteiger partial charge in [0.05, 0.1) is 11.8 Å². The van der Waals surface area contributed by atoms with E-state index in [1.807, 2.05) is 50.6 Å². The number of halogens is 1. The first-order valence-electron chi connectivity index (χ1n) is 10.2. The number of carbonyl (C=O) groups excluding carboxylic acids is 2. The lowest BCUT2D eigenvalue weighted by atomic mass is 10.0. The van der Waals surface area contributed by atoms with Crippen molar-refractivity contribution in [3.8, 4) is 0 Å². The third kappa shape index (κ3) is 5.89. The minimum Gasteiger partial charge on any atom is -0.342 e. The Labute approximate surface area is 197 Å². The number of rotatable bonds is 8. The van der Waals surface area contributed by atoms with Crippen LogP contribution in [0.5, 0.6) is 0 Å². The zero-order chi connectivity index (χ0) is 23.3. The third-order valence-corrected chi connectivity index (χ3v) is 6.19. The lowest BCUT2D eigenvalue weighted by Gasteiger charge is -2.22. The first-order valence-corrected chi connectivity index (χ1v) is 11.6. The fourth-order valence-corrected chi connectivity index (χ4v) is 4.10. The number of thioether (sulfide) groups is 1. The number of nitrogens with one attached hydrogen (secondary N) is 2. The largest absolute Gasteiger partial charge is 0.342 e. The smallest absolute Gasteiger partial charge is 0.252 e. The van der Waals surface area contributed by atoms with E-state index in [1.54, 1.807) is 30.3 Å². The number of amides is 2. The van der Waals surface area contributed by atoms with Crippen LogP contribution in [0, 0.1) is 12.8 Å². The van der Waals surface area contributed by atoms with Crippen molar-refractivity contribution in [2.24, 2.45) is 13.0 Å². The molecule has 0 unspecified atom stereocenters. The lowest BCUT2D eigenvalue weighted by Crippen LogP contribution is -2.34. The molecule has 3 aromatic rings. The Balaban J connectivity index is 1.67. The average molecular weight is 472 g/mol. The van der Waals surface area contributed by atoms with E-state index in [9.17, 15) is 9.59 Å². The Hall–Kier alpha value is -2.84. The summed E-state index contributed by atoms with van der Waals surface area (Å²) in [5.74, 6) is 0.574. The second-order valence-electron chi connectivity index (χ2n) is 7.76. The van der Waals surface area contributed by atoms with E-state index in [4.69, 9.17) is 11.6 Å². The maximum Gasteiger partial charge on any atom is 0.252 e. The minimum absolute atomic E-state index is 0.0925. The van der Waals surface area contributed by atoms with Crippen molar-refractivity contribution in [1.82, 2.24) is 20.1 Å². The molecule has 0 radical (unpaired) electrons. The van der Waals surface area contributed by atoms with Crippen molar-refractivity contribution in [2.45, 2.75) is 32.0 Å². The Morgan fingerprint density at radius 2 is 1.88 bits per heavy atom. The van der Waals surface area contributed by atoms with Crippen molar-refractivity contribution in [2.75, 3.05) is 11.1 Å². The zero-order valence-corrected chi connectivity index (χ0v) is 20.0. The van der Waals surface area contributed by atoms with Gasteiger partial charge in [-0.25, -0.2) is 0 Å². The highest BCUT2D eigenvalue weighted by molar-refractivity contribution is 7.99. The van der Waals surface area contributed by atoms with Crippen molar-refractivity contribution in [1.29, 1.82) is 0 Å². The molecule has 0 spiro atoms. The molecule has 1 atom stereocenters. The molecule has 2 amide bonds. The van der Waals surface area contributed by atoms with Gasteiger partial charge in [-0.15, -0.1) is 10.2 Å². The summed E-state index contributed by atoms with van der Waals surface area (Å²) in [5, 5.41) is 15.6. The summed E-state index contributed by atoms with van der Waals surface area (Å²) in [6.07, 6.45) is 0. The molecule has 0 aliphatic rings. The van der Waals surface area contributed by atoms with Crippen LogP contribution in [-0.2, 0) is 11.8 Å². The van der Waals surface area contributed by atoms with Crippen molar-refractivity contribution in [3.63, 3.8) is 0 Å². The highest BCUT2D eigenvalue weighted by Gasteiger charge is 2.25. The highest BCUT2D eigenvalue weighted by Crippen LogP contribution is 2.25. The maximum atomic E-state index is 12.8. The van der Waals surface area contributed by atoms with E-state index in [1.165, 1.54) is 11.8 Å². The van der Waals surface area contributed by atoms with Crippen LogP contribution in [0.3, 0.4) is 0 Å². The third-order valence-electron chi connectivity index (χ3n) is 4.93. The molecule has 9 heteroatoms. The van der Waals surface area contributed by atoms with Crippen LogP contribution in [-0.4, -0.2) is 32.3 Å². The Bertz CT molecular complexity index is 1120. The molecule has 0 fully saturated rings. The zero-order valence-electron chi connectivity index (χ0n) is 18.4. The molecule has 0 aliphatic carbocycles. The normalized spacial score (nSPS) is 11.9. The quantitative estimate of drug-likeness (QED) is 0.467. The van der Waals surface area contributed by atoms with Gasteiger partial charge < -0.3 is 15.2 Å². The van der Waals surface area contributed by atoms with E-state index in [2.05, 4.69) is 20.8 Å². The number of carbonyl (C=O) groups is 2. The van der Waals surface area contributed by atoms with Crippen LogP contribution in [0.15, 0.2) is 53.7 Å². The monoisotopic (exact) mass is 471 g/mol. The Morgan fingerprint density at radius 3 is 2.56 bits per heavy atom. The van der Waals surface area contributed by atoms with Gasteiger partial charge in [0, 0.05) is 23.3 Å². The van der Waals surface area contributed by atoms with Gasteiger partial charge in [-0.05, 0) is 42.7 Å². The fraction of sp³-hybridized carbons (Fsp3) is 0.304. The summed E-state index contributed by atoms with van der Waals surface area (Å²) < 4.78 is 1.82. The molecule has 2 N–H and O–H groups in total. The van der Waals surface area contributed by atoms with E-state index in [-0.39, 0.29) is 29.5 Å². The number of benzene rings is 2. The van der Waals surface area contributed by atoms with Gasteiger partial charge in [-0.2, -0.15) is 0 Å². The molecule has 2 aromatic carbocycles. The first kappa shape index (κ1) is 23.8. The van der Waals surface area contributed by atoms with Crippen molar-refractivity contribution in [3.05, 3.63) is 70.5 Å².